The highest BCUT2D eigenvalue weighted by Crippen LogP contribution is 2.25. The molecule has 0 atom stereocenters. The molecule has 0 bridgehead atoms. The first-order valence-corrected chi connectivity index (χ1v) is 5.27. The van der Waals surface area contributed by atoms with Crippen molar-refractivity contribution in [2.24, 2.45) is 0 Å². The summed E-state index contributed by atoms with van der Waals surface area (Å²) in [6, 6.07) is 6.82. The molecule has 1 amide bonds. The Hall–Kier alpha value is -1.54. The van der Waals surface area contributed by atoms with Gasteiger partial charge in [0.2, 0.25) is 5.91 Å². The van der Waals surface area contributed by atoms with Crippen LogP contribution in [0.5, 0.6) is 5.75 Å². The van der Waals surface area contributed by atoms with Gasteiger partial charge in [-0.1, -0.05) is 15.9 Å². The Balaban J connectivity index is 2.98. The first-order valence-electron chi connectivity index (χ1n) is 4.15. The lowest BCUT2D eigenvalue weighted by atomic mass is 10.2. The van der Waals surface area contributed by atoms with E-state index in [1.165, 1.54) is 7.11 Å². The average Bonchev–Trinajstić information content (AvgIpc) is 2.29. The van der Waals surface area contributed by atoms with Gasteiger partial charge < -0.3 is 10.1 Å². The van der Waals surface area contributed by atoms with Crippen LogP contribution in [-0.4, -0.2) is 18.3 Å². The Kier molecular flexibility index (Phi) is 4.13. The van der Waals surface area contributed by atoms with Crippen LogP contribution in [0.25, 0.3) is 0 Å². The van der Waals surface area contributed by atoms with Crippen molar-refractivity contribution in [2.45, 2.75) is 0 Å². The van der Waals surface area contributed by atoms with Gasteiger partial charge in [-0.05, 0) is 12.1 Å². The molecule has 0 spiro atoms. The normalized spacial score (nSPS) is 9.13. The number of carbonyl (C=O) groups is 1. The van der Waals surface area contributed by atoms with Crippen LogP contribution in [0.4, 0.5) is 5.69 Å². The largest absolute Gasteiger partial charge is 0.495 e. The van der Waals surface area contributed by atoms with Crippen molar-refractivity contribution >= 4 is 27.5 Å². The van der Waals surface area contributed by atoms with E-state index in [4.69, 9.17) is 10.00 Å². The molecule has 0 heterocycles. The van der Waals surface area contributed by atoms with Crippen molar-refractivity contribution in [1.29, 1.82) is 5.26 Å². The topological polar surface area (TPSA) is 62.1 Å². The number of benzene rings is 1. The zero-order valence-electron chi connectivity index (χ0n) is 8.08. The van der Waals surface area contributed by atoms with Gasteiger partial charge in [0.05, 0.1) is 29.8 Å². The summed E-state index contributed by atoms with van der Waals surface area (Å²) in [6.45, 7) is 0. The van der Waals surface area contributed by atoms with Gasteiger partial charge in [0, 0.05) is 6.07 Å². The van der Waals surface area contributed by atoms with Crippen LogP contribution < -0.4 is 10.1 Å². The molecule has 15 heavy (non-hydrogen) atoms. The molecule has 5 heteroatoms. The highest BCUT2D eigenvalue weighted by Gasteiger charge is 2.06. The molecule has 4 nitrogen and oxygen atoms in total. The van der Waals surface area contributed by atoms with Crippen LogP contribution >= 0.6 is 15.9 Å². The number of rotatable bonds is 3. The van der Waals surface area contributed by atoms with E-state index in [0.717, 1.165) is 0 Å². The zero-order valence-corrected chi connectivity index (χ0v) is 9.67. The number of methoxy groups -OCH3 is 1. The smallest absolute Gasteiger partial charge is 0.235 e. The Morgan fingerprint density at radius 3 is 2.93 bits per heavy atom. The second-order valence-electron chi connectivity index (χ2n) is 2.71. The van der Waals surface area contributed by atoms with E-state index >= 15 is 0 Å². The molecule has 0 aliphatic heterocycles. The molecule has 0 aromatic heterocycles. The number of carbonyl (C=O) groups excluding carboxylic acids is 1. The third-order valence-corrected chi connectivity index (χ3v) is 2.24. The number of anilines is 1. The van der Waals surface area contributed by atoms with Crippen molar-refractivity contribution in [3.05, 3.63) is 23.8 Å². The number of ether oxygens (including phenoxy) is 1. The first kappa shape index (κ1) is 11.5. The van der Waals surface area contributed by atoms with Gasteiger partial charge in [0.25, 0.3) is 0 Å². The molecule has 0 aliphatic rings. The summed E-state index contributed by atoms with van der Waals surface area (Å²) < 4.78 is 5.05. The second-order valence-corrected chi connectivity index (χ2v) is 3.27. The van der Waals surface area contributed by atoms with E-state index in [1.54, 1.807) is 18.2 Å². The minimum atomic E-state index is -0.169. The molecule has 0 radical (unpaired) electrons. The average molecular weight is 269 g/mol. The number of nitrogens with one attached hydrogen (secondary N) is 1. The lowest BCUT2D eigenvalue weighted by Gasteiger charge is -2.08. The number of nitriles is 1. The predicted molar refractivity (Wildman–Crippen MR) is 60.1 cm³/mol. The Labute approximate surface area is 96.0 Å². The van der Waals surface area contributed by atoms with E-state index in [-0.39, 0.29) is 11.2 Å². The minimum Gasteiger partial charge on any atom is -0.495 e. The summed E-state index contributed by atoms with van der Waals surface area (Å²) in [4.78, 5) is 11.1. The molecule has 0 saturated heterocycles. The second kappa shape index (κ2) is 5.37. The summed E-state index contributed by atoms with van der Waals surface area (Å²) in [5, 5.41) is 11.5. The SMILES string of the molecule is COc1cc(C#N)ccc1NC(=O)CBr. The first-order chi connectivity index (χ1) is 7.21. The number of alkyl halides is 1. The van der Waals surface area contributed by atoms with Gasteiger partial charge in [0.1, 0.15) is 5.75 Å². The van der Waals surface area contributed by atoms with Gasteiger partial charge in [-0.25, -0.2) is 0 Å². The van der Waals surface area contributed by atoms with Gasteiger partial charge in [0.15, 0.2) is 0 Å². The number of amides is 1. The maximum atomic E-state index is 11.1. The van der Waals surface area contributed by atoms with Crippen molar-refractivity contribution in [2.75, 3.05) is 17.8 Å². The van der Waals surface area contributed by atoms with Crippen LogP contribution in [0.2, 0.25) is 0 Å². The summed E-state index contributed by atoms with van der Waals surface area (Å²) in [5.74, 6) is 0.307. The fourth-order valence-electron chi connectivity index (χ4n) is 1.05. The van der Waals surface area contributed by atoms with Crippen molar-refractivity contribution in [1.82, 2.24) is 0 Å². The summed E-state index contributed by atoms with van der Waals surface area (Å²) >= 11 is 3.04. The van der Waals surface area contributed by atoms with Crippen LogP contribution in [0, 0.1) is 11.3 Å². The minimum absolute atomic E-state index is 0.169. The molecule has 0 unspecified atom stereocenters. The Morgan fingerprint density at radius 1 is 1.67 bits per heavy atom. The number of hydrogen-bond acceptors (Lipinski definition) is 3. The summed E-state index contributed by atoms with van der Waals surface area (Å²) in [6.07, 6.45) is 0. The molecule has 1 rings (SSSR count). The van der Waals surface area contributed by atoms with Gasteiger partial charge in [-0.3, -0.25) is 4.79 Å². The standard InChI is InChI=1S/C10H9BrN2O2/c1-15-9-4-7(6-12)2-3-8(9)13-10(14)5-11/h2-4H,5H2,1H3,(H,13,14). The molecule has 1 aromatic carbocycles. The van der Waals surface area contributed by atoms with E-state index in [2.05, 4.69) is 21.2 Å². The third kappa shape index (κ3) is 2.96. The van der Waals surface area contributed by atoms with Crippen LogP contribution in [-0.2, 0) is 4.79 Å². The maximum absolute atomic E-state index is 11.1. The Morgan fingerprint density at radius 2 is 2.40 bits per heavy atom. The van der Waals surface area contributed by atoms with E-state index < -0.39 is 0 Å². The monoisotopic (exact) mass is 268 g/mol. The zero-order chi connectivity index (χ0) is 11.3. The third-order valence-electron chi connectivity index (χ3n) is 1.73. The number of hydrogen-bond donors (Lipinski definition) is 1. The number of halogens is 1. The van der Waals surface area contributed by atoms with Crippen LogP contribution in [0.15, 0.2) is 18.2 Å². The van der Waals surface area contributed by atoms with Gasteiger partial charge >= 0.3 is 0 Å². The number of nitrogens with zero attached hydrogens (tertiary/aromatic N) is 1. The van der Waals surface area contributed by atoms with Crippen molar-refractivity contribution < 1.29 is 9.53 Å². The predicted octanol–water partition coefficient (Wildman–Crippen LogP) is 1.90. The van der Waals surface area contributed by atoms with Crippen molar-refractivity contribution in [3.63, 3.8) is 0 Å². The van der Waals surface area contributed by atoms with E-state index in [9.17, 15) is 4.79 Å². The molecule has 78 valence electrons. The Bertz CT molecular complexity index is 412. The molecule has 1 N–H and O–H groups in total. The lowest BCUT2D eigenvalue weighted by molar-refractivity contribution is -0.113. The quantitative estimate of drug-likeness (QED) is 0.852. The summed E-state index contributed by atoms with van der Waals surface area (Å²) in [5.41, 5.74) is 1.05. The molecule has 0 saturated carbocycles. The van der Waals surface area contributed by atoms with Crippen molar-refractivity contribution in [3.8, 4) is 11.8 Å². The molecule has 1 aromatic rings. The maximum Gasteiger partial charge on any atom is 0.235 e. The highest BCUT2D eigenvalue weighted by molar-refractivity contribution is 9.09. The molecule has 0 fully saturated rings. The van der Waals surface area contributed by atoms with E-state index in [1.807, 2.05) is 6.07 Å². The van der Waals surface area contributed by atoms with Gasteiger partial charge in [-0.2, -0.15) is 5.26 Å². The fourth-order valence-corrected chi connectivity index (χ4v) is 1.19. The fraction of sp³-hybridized carbons (Fsp3) is 0.200. The molecule has 0 aliphatic carbocycles. The van der Waals surface area contributed by atoms with E-state index in [0.29, 0.717) is 17.0 Å². The molecular formula is C10H9BrN2O2. The summed E-state index contributed by atoms with van der Waals surface area (Å²) in [7, 11) is 1.49. The van der Waals surface area contributed by atoms with Crippen LogP contribution in [0.1, 0.15) is 5.56 Å². The van der Waals surface area contributed by atoms with Crippen LogP contribution in [0.3, 0.4) is 0 Å². The highest BCUT2D eigenvalue weighted by atomic mass is 79.9. The lowest BCUT2D eigenvalue weighted by Crippen LogP contribution is -2.13. The molecular weight excluding hydrogens is 260 g/mol. The van der Waals surface area contributed by atoms with Gasteiger partial charge in [-0.15, -0.1) is 0 Å².